The highest BCUT2D eigenvalue weighted by Crippen LogP contribution is 2.40. The van der Waals surface area contributed by atoms with E-state index in [1.807, 2.05) is 0 Å². The molecule has 0 bridgehead atoms. The predicted octanol–water partition coefficient (Wildman–Crippen LogP) is 2.06. The zero-order valence-electron chi connectivity index (χ0n) is 31.6. The van der Waals surface area contributed by atoms with E-state index in [1.165, 1.54) is 23.5 Å². The molecule has 4 rings (SSSR count). The minimum absolute atomic E-state index is 0.0336. The summed E-state index contributed by atoms with van der Waals surface area (Å²) in [6.45, 7) is 9.10. The number of Topliss-reactive ketones (excluding diaryl/α,β-unsaturated/α-hetero) is 1. The summed E-state index contributed by atoms with van der Waals surface area (Å²) in [5, 5.41) is 20.4. The van der Waals surface area contributed by atoms with Gasteiger partial charge in [0.15, 0.2) is 0 Å². The summed E-state index contributed by atoms with van der Waals surface area (Å²) in [5.41, 5.74) is 0.692. The first-order valence-corrected chi connectivity index (χ1v) is 18.8. The van der Waals surface area contributed by atoms with Crippen molar-refractivity contribution in [2.45, 2.75) is 110 Å². The SMILES string of the molecule is CCCC(NC(=O)[C@@H]1[C@@H](CC2CC2)CCN1C(=O)[C@@H](NC(=O)[C@@H](NC(=O)c1cnccn1)C(C)C)C(C)C)C(=O)C(=O)N[C@@H](Cc1ccccc1)C(=O)O. The summed E-state index contributed by atoms with van der Waals surface area (Å²) in [4.78, 5) is 103. The van der Waals surface area contributed by atoms with E-state index < -0.39 is 77.4 Å². The van der Waals surface area contributed by atoms with Crippen molar-refractivity contribution in [2.75, 3.05) is 6.54 Å². The average molecular weight is 748 g/mol. The number of aliphatic carboxylic acids is 1. The van der Waals surface area contributed by atoms with Crippen molar-refractivity contribution in [3.63, 3.8) is 0 Å². The molecule has 0 radical (unpaired) electrons. The van der Waals surface area contributed by atoms with Gasteiger partial charge in [-0.1, -0.05) is 84.2 Å². The van der Waals surface area contributed by atoms with E-state index in [0.717, 1.165) is 12.8 Å². The van der Waals surface area contributed by atoms with Crippen molar-refractivity contribution in [3.8, 4) is 0 Å². The summed E-state index contributed by atoms with van der Waals surface area (Å²) >= 11 is 0. The van der Waals surface area contributed by atoms with Crippen molar-refractivity contribution < 1.29 is 38.7 Å². The molecule has 15 nitrogen and oxygen atoms in total. The first-order chi connectivity index (χ1) is 25.7. The summed E-state index contributed by atoms with van der Waals surface area (Å²) in [5.74, 6) is -6.18. The number of carboxylic acids is 1. The van der Waals surface area contributed by atoms with E-state index in [9.17, 15) is 38.7 Å². The number of rotatable bonds is 19. The molecular formula is C39H53N7O8. The van der Waals surface area contributed by atoms with Gasteiger partial charge in [-0.15, -0.1) is 0 Å². The lowest BCUT2D eigenvalue weighted by molar-refractivity contribution is -0.146. The number of hydrogen-bond acceptors (Lipinski definition) is 9. The lowest BCUT2D eigenvalue weighted by Gasteiger charge is -2.34. The molecule has 292 valence electrons. The molecular weight excluding hydrogens is 694 g/mol. The molecule has 1 unspecified atom stereocenters. The summed E-state index contributed by atoms with van der Waals surface area (Å²) in [7, 11) is 0. The maximum atomic E-state index is 14.3. The minimum atomic E-state index is -1.37. The Labute approximate surface area is 315 Å². The Bertz CT molecular complexity index is 1650. The fraction of sp³-hybridized carbons (Fsp3) is 0.564. The Kier molecular flexibility index (Phi) is 14.8. The zero-order valence-corrected chi connectivity index (χ0v) is 31.6. The molecule has 5 amide bonds. The van der Waals surface area contributed by atoms with Crippen LogP contribution in [0.3, 0.4) is 0 Å². The number of amides is 5. The molecule has 1 saturated heterocycles. The molecule has 1 aromatic heterocycles. The van der Waals surface area contributed by atoms with Gasteiger partial charge in [0.1, 0.15) is 29.9 Å². The van der Waals surface area contributed by atoms with Gasteiger partial charge in [0.05, 0.1) is 12.2 Å². The zero-order chi connectivity index (χ0) is 39.5. The Morgan fingerprint density at radius 2 is 1.54 bits per heavy atom. The highest BCUT2D eigenvalue weighted by atomic mass is 16.4. The van der Waals surface area contributed by atoms with Crippen LogP contribution in [0.4, 0.5) is 0 Å². The Morgan fingerprint density at radius 3 is 2.11 bits per heavy atom. The van der Waals surface area contributed by atoms with Gasteiger partial charge in [0.2, 0.25) is 23.5 Å². The number of nitrogens with zero attached hydrogens (tertiary/aromatic N) is 3. The predicted molar refractivity (Wildman–Crippen MR) is 197 cm³/mol. The maximum absolute atomic E-state index is 14.3. The molecule has 2 heterocycles. The Morgan fingerprint density at radius 1 is 0.852 bits per heavy atom. The number of benzene rings is 1. The van der Waals surface area contributed by atoms with Crippen LogP contribution in [0.15, 0.2) is 48.9 Å². The number of nitrogens with one attached hydrogen (secondary N) is 4. The third kappa shape index (κ3) is 11.2. The molecule has 2 aliphatic rings. The van der Waals surface area contributed by atoms with Gasteiger partial charge in [-0.3, -0.25) is 33.8 Å². The molecule has 54 heavy (non-hydrogen) atoms. The van der Waals surface area contributed by atoms with E-state index in [4.69, 9.17) is 0 Å². The number of carboxylic acid groups (broad SMARTS) is 1. The standard InChI is InChI=1S/C39H53N7O8/c1-6-10-27(33(47)37(51)43-28(39(53)54)20-24-11-8-7-9-12-24)42-36(50)32-26(19-25-13-14-25)15-18-46(32)38(52)31(23(4)5)45-35(49)30(22(2)3)44-34(48)29-21-40-16-17-41-29/h7-9,11-12,16-17,21-23,25-28,30-32H,6,10,13-15,18-20H2,1-5H3,(H,42,50)(H,43,51)(H,44,48)(H,45,49)(H,53,54)/t26-,27?,28+,30+,31+,32+/m1/s1. The molecule has 1 saturated carbocycles. The fourth-order valence-electron chi connectivity index (χ4n) is 6.84. The van der Waals surface area contributed by atoms with Crippen LogP contribution >= 0.6 is 0 Å². The van der Waals surface area contributed by atoms with E-state index in [0.29, 0.717) is 30.7 Å². The normalized spacial score (nSPS) is 19.0. The van der Waals surface area contributed by atoms with E-state index >= 15 is 0 Å². The van der Waals surface area contributed by atoms with Crippen LogP contribution in [0.2, 0.25) is 0 Å². The van der Waals surface area contributed by atoms with Gasteiger partial charge in [-0.2, -0.15) is 0 Å². The number of carbonyl (C=O) groups is 7. The number of likely N-dealkylation sites (tertiary alicyclic amines) is 1. The van der Waals surface area contributed by atoms with Crippen molar-refractivity contribution >= 4 is 41.3 Å². The Balaban J connectivity index is 1.50. The number of aromatic nitrogens is 2. The van der Waals surface area contributed by atoms with Gasteiger partial charge in [-0.05, 0) is 48.5 Å². The first kappa shape index (κ1) is 41.5. The molecule has 5 N–H and O–H groups in total. The smallest absolute Gasteiger partial charge is 0.326 e. The summed E-state index contributed by atoms with van der Waals surface area (Å²) < 4.78 is 0. The number of hydrogen-bond donors (Lipinski definition) is 5. The van der Waals surface area contributed by atoms with Crippen molar-refractivity contribution in [1.82, 2.24) is 36.1 Å². The second-order valence-electron chi connectivity index (χ2n) is 15.0. The van der Waals surface area contributed by atoms with Crippen molar-refractivity contribution in [2.24, 2.45) is 23.7 Å². The second-order valence-corrected chi connectivity index (χ2v) is 15.0. The highest BCUT2D eigenvalue weighted by Gasteiger charge is 2.47. The molecule has 6 atom stereocenters. The van der Waals surface area contributed by atoms with Crippen LogP contribution in [0.25, 0.3) is 0 Å². The third-order valence-electron chi connectivity index (χ3n) is 9.99. The molecule has 0 spiro atoms. The largest absolute Gasteiger partial charge is 0.480 e. The van der Waals surface area contributed by atoms with Crippen LogP contribution in [0.1, 0.15) is 89.2 Å². The minimum Gasteiger partial charge on any atom is -0.480 e. The van der Waals surface area contributed by atoms with E-state index in [1.54, 1.807) is 65.0 Å². The molecule has 1 aromatic carbocycles. The summed E-state index contributed by atoms with van der Waals surface area (Å²) in [6.07, 6.45) is 7.86. The molecule has 1 aliphatic heterocycles. The average Bonchev–Trinajstić information content (AvgIpc) is 3.87. The van der Waals surface area contributed by atoms with E-state index in [2.05, 4.69) is 31.2 Å². The molecule has 1 aliphatic carbocycles. The third-order valence-corrected chi connectivity index (χ3v) is 9.99. The summed E-state index contributed by atoms with van der Waals surface area (Å²) in [6, 6.07) is 3.06. The van der Waals surface area contributed by atoms with Gasteiger partial charge in [-0.25, -0.2) is 9.78 Å². The molecule has 15 heteroatoms. The van der Waals surface area contributed by atoms with Crippen LogP contribution in [0, 0.1) is 23.7 Å². The highest BCUT2D eigenvalue weighted by molar-refractivity contribution is 6.38. The van der Waals surface area contributed by atoms with Crippen LogP contribution in [0.5, 0.6) is 0 Å². The monoisotopic (exact) mass is 747 g/mol. The lowest BCUT2D eigenvalue weighted by Crippen LogP contribution is -2.60. The van der Waals surface area contributed by atoms with Gasteiger partial charge in [0, 0.05) is 25.4 Å². The lowest BCUT2D eigenvalue weighted by atomic mass is 9.92. The quantitative estimate of drug-likeness (QED) is 0.132. The van der Waals surface area contributed by atoms with Crippen LogP contribution < -0.4 is 21.3 Å². The van der Waals surface area contributed by atoms with Gasteiger partial charge in [0.25, 0.3) is 11.8 Å². The van der Waals surface area contributed by atoms with Crippen LogP contribution in [-0.2, 0) is 35.2 Å². The maximum Gasteiger partial charge on any atom is 0.326 e. The number of ketones is 1. The van der Waals surface area contributed by atoms with Crippen molar-refractivity contribution in [1.29, 1.82) is 0 Å². The Hall–Kier alpha value is -5.21. The van der Waals surface area contributed by atoms with Crippen LogP contribution in [-0.4, -0.2) is 98.0 Å². The van der Waals surface area contributed by atoms with Crippen molar-refractivity contribution in [3.05, 3.63) is 60.2 Å². The van der Waals surface area contributed by atoms with E-state index in [-0.39, 0.29) is 36.9 Å². The number of carbonyl (C=O) groups excluding carboxylic acids is 6. The second kappa shape index (κ2) is 19.2. The topological polar surface area (TPSA) is 217 Å². The van der Waals surface area contributed by atoms with Gasteiger partial charge >= 0.3 is 5.97 Å². The first-order valence-electron chi connectivity index (χ1n) is 18.8. The molecule has 2 fully saturated rings. The van der Waals surface area contributed by atoms with Gasteiger partial charge < -0.3 is 31.3 Å². The molecule has 2 aromatic rings. The fourth-order valence-corrected chi connectivity index (χ4v) is 6.84.